The van der Waals surface area contributed by atoms with Crippen molar-refractivity contribution in [3.63, 3.8) is 0 Å². The molecule has 5 heteroatoms. The number of benzene rings is 2. The molecule has 3 aromatic rings. The SMILES string of the molecule is O=C(CCn1ccc2c(Cl)cccc21)N1CCN(c2ccccc2)CC1. The Balaban J connectivity index is 1.34. The third-order valence-corrected chi connectivity index (χ3v) is 5.41. The van der Waals surface area contributed by atoms with Crippen molar-refractivity contribution in [1.82, 2.24) is 9.47 Å². The Morgan fingerprint density at radius 2 is 1.69 bits per heavy atom. The Kier molecular flexibility index (Phi) is 4.85. The minimum absolute atomic E-state index is 0.224. The fourth-order valence-electron chi connectivity index (χ4n) is 3.61. The largest absolute Gasteiger partial charge is 0.368 e. The van der Waals surface area contributed by atoms with Crippen molar-refractivity contribution in [2.24, 2.45) is 0 Å². The lowest BCUT2D eigenvalue weighted by Crippen LogP contribution is -2.48. The van der Waals surface area contributed by atoms with E-state index < -0.39 is 0 Å². The van der Waals surface area contributed by atoms with E-state index in [1.54, 1.807) is 0 Å². The summed E-state index contributed by atoms with van der Waals surface area (Å²) in [5.74, 6) is 0.224. The molecule has 1 fully saturated rings. The van der Waals surface area contributed by atoms with Crippen LogP contribution in [0.15, 0.2) is 60.8 Å². The van der Waals surface area contributed by atoms with E-state index in [-0.39, 0.29) is 5.91 Å². The maximum atomic E-state index is 12.6. The van der Waals surface area contributed by atoms with Crippen LogP contribution in [0.4, 0.5) is 5.69 Å². The second-order valence-corrected chi connectivity index (χ2v) is 7.04. The van der Waals surface area contributed by atoms with Gasteiger partial charge in [-0.1, -0.05) is 35.9 Å². The molecular weight excluding hydrogens is 346 g/mol. The zero-order valence-electron chi connectivity index (χ0n) is 14.6. The average molecular weight is 368 g/mol. The quantitative estimate of drug-likeness (QED) is 0.696. The van der Waals surface area contributed by atoms with Crippen molar-refractivity contribution in [3.05, 3.63) is 65.8 Å². The fourth-order valence-corrected chi connectivity index (χ4v) is 3.84. The number of para-hydroxylation sites is 1. The number of hydrogen-bond donors (Lipinski definition) is 0. The molecule has 2 heterocycles. The molecule has 0 spiro atoms. The lowest BCUT2D eigenvalue weighted by molar-refractivity contribution is -0.131. The third kappa shape index (κ3) is 3.42. The van der Waals surface area contributed by atoms with Crippen molar-refractivity contribution in [3.8, 4) is 0 Å². The van der Waals surface area contributed by atoms with Gasteiger partial charge in [-0.15, -0.1) is 0 Å². The number of aromatic nitrogens is 1. The van der Waals surface area contributed by atoms with Crippen molar-refractivity contribution in [1.29, 1.82) is 0 Å². The van der Waals surface area contributed by atoms with E-state index in [0.29, 0.717) is 13.0 Å². The van der Waals surface area contributed by atoms with E-state index >= 15 is 0 Å². The molecule has 1 aliphatic heterocycles. The monoisotopic (exact) mass is 367 g/mol. The molecule has 0 atom stereocenters. The highest BCUT2D eigenvalue weighted by molar-refractivity contribution is 6.35. The molecule has 4 rings (SSSR count). The summed E-state index contributed by atoms with van der Waals surface area (Å²) in [4.78, 5) is 16.9. The molecule has 1 aromatic heterocycles. The van der Waals surface area contributed by atoms with E-state index in [2.05, 4.69) is 33.7 Å². The molecule has 0 aliphatic carbocycles. The average Bonchev–Trinajstić information content (AvgIpc) is 3.11. The number of piperazine rings is 1. The van der Waals surface area contributed by atoms with Crippen LogP contribution in [-0.2, 0) is 11.3 Å². The first kappa shape index (κ1) is 17.0. The Morgan fingerprint density at radius 3 is 2.46 bits per heavy atom. The summed E-state index contributed by atoms with van der Waals surface area (Å²) in [5, 5.41) is 1.79. The van der Waals surface area contributed by atoms with Crippen LogP contribution in [0.2, 0.25) is 5.02 Å². The van der Waals surface area contributed by atoms with Crippen molar-refractivity contribution in [2.45, 2.75) is 13.0 Å². The van der Waals surface area contributed by atoms with Crippen LogP contribution in [0.1, 0.15) is 6.42 Å². The molecular formula is C21H22ClN3O. The first-order valence-corrected chi connectivity index (χ1v) is 9.41. The zero-order valence-corrected chi connectivity index (χ0v) is 15.4. The van der Waals surface area contributed by atoms with Crippen molar-refractivity contribution in [2.75, 3.05) is 31.1 Å². The van der Waals surface area contributed by atoms with Gasteiger partial charge in [0.2, 0.25) is 5.91 Å². The minimum atomic E-state index is 0.224. The van der Waals surface area contributed by atoms with Crippen molar-refractivity contribution >= 4 is 34.1 Å². The van der Waals surface area contributed by atoms with Gasteiger partial charge in [0, 0.05) is 67.0 Å². The van der Waals surface area contributed by atoms with E-state index in [1.165, 1.54) is 5.69 Å². The topological polar surface area (TPSA) is 28.5 Å². The number of aryl methyl sites for hydroxylation is 1. The molecule has 0 N–H and O–H groups in total. The number of amides is 1. The van der Waals surface area contributed by atoms with Gasteiger partial charge in [-0.3, -0.25) is 4.79 Å². The van der Waals surface area contributed by atoms with Crippen LogP contribution < -0.4 is 4.90 Å². The van der Waals surface area contributed by atoms with Gasteiger partial charge in [0.25, 0.3) is 0 Å². The number of rotatable bonds is 4. The zero-order chi connectivity index (χ0) is 17.9. The maximum absolute atomic E-state index is 12.6. The van der Waals surface area contributed by atoms with Gasteiger partial charge >= 0.3 is 0 Å². The number of fused-ring (bicyclic) bond motifs is 1. The van der Waals surface area contributed by atoms with Crippen LogP contribution in [0.3, 0.4) is 0 Å². The minimum Gasteiger partial charge on any atom is -0.368 e. The normalized spacial score (nSPS) is 14.8. The molecule has 0 radical (unpaired) electrons. The number of carbonyl (C=O) groups is 1. The van der Waals surface area contributed by atoms with Gasteiger partial charge in [-0.25, -0.2) is 0 Å². The Hall–Kier alpha value is -2.46. The number of halogens is 1. The molecule has 0 unspecified atom stereocenters. The van der Waals surface area contributed by atoms with Gasteiger partial charge in [0.1, 0.15) is 0 Å². The molecule has 1 amide bonds. The van der Waals surface area contributed by atoms with Crippen molar-refractivity contribution < 1.29 is 4.79 Å². The third-order valence-electron chi connectivity index (χ3n) is 5.08. The number of nitrogens with zero attached hydrogens (tertiary/aromatic N) is 3. The van der Waals surface area contributed by atoms with Crippen LogP contribution in [0, 0.1) is 0 Å². The van der Waals surface area contributed by atoms with E-state index in [9.17, 15) is 4.79 Å². The molecule has 4 nitrogen and oxygen atoms in total. The second kappa shape index (κ2) is 7.42. The second-order valence-electron chi connectivity index (χ2n) is 6.64. The van der Waals surface area contributed by atoms with Gasteiger partial charge in [0.15, 0.2) is 0 Å². The van der Waals surface area contributed by atoms with Crippen LogP contribution in [-0.4, -0.2) is 41.6 Å². The fraction of sp³-hybridized carbons (Fsp3) is 0.286. The number of anilines is 1. The lowest BCUT2D eigenvalue weighted by Gasteiger charge is -2.36. The summed E-state index contributed by atoms with van der Waals surface area (Å²) in [7, 11) is 0. The number of hydrogen-bond acceptors (Lipinski definition) is 2. The van der Waals surface area contributed by atoms with Gasteiger partial charge < -0.3 is 14.4 Å². The van der Waals surface area contributed by atoms with Crippen LogP contribution in [0.25, 0.3) is 10.9 Å². The highest BCUT2D eigenvalue weighted by Gasteiger charge is 2.21. The van der Waals surface area contributed by atoms with Crippen LogP contribution >= 0.6 is 11.6 Å². The van der Waals surface area contributed by atoms with E-state index in [4.69, 9.17) is 11.6 Å². The molecule has 26 heavy (non-hydrogen) atoms. The van der Waals surface area contributed by atoms with Crippen LogP contribution in [0.5, 0.6) is 0 Å². The Bertz CT molecular complexity index is 898. The lowest BCUT2D eigenvalue weighted by atomic mass is 10.2. The summed E-state index contributed by atoms with van der Waals surface area (Å²) in [6, 6.07) is 18.3. The first-order valence-electron chi connectivity index (χ1n) is 9.03. The van der Waals surface area contributed by atoms with Gasteiger partial charge in [0.05, 0.1) is 0 Å². The summed E-state index contributed by atoms with van der Waals surface area (Å²) >= 11 is 6.23. The summed E-state index contributed by atoms with van der Waals surface area (Å²) < 4.78 is 2.11. The Morgan fingerprint density at radius 1 is 0.923 bits per heavy atom. The molecule has 1 saturated heterocycles. The maximum Gasteiger partial charge on any atom is 0.224 e. The smallest absolute Gasteiger partial charge is 0.224 e. The molecule has 0 saturated carbocycles. The molecule has 1 aliphatic rings. The summed E-state index contributed by atoms with van der Waals surface area (Å²) in [6.07, 6.45) is 2.53. The molecule has 134 valence electrons. The standard InChI is InChI=1S/C21H22ClN3O/c22-19-7-4-8-20-18(19)9-11-24(20)12-10-21(26)25-15-13-23(14-16-25)17-5-2-1-3-6-17/h1-9,11H,10,12-16H2. The van der Waals surface area contributed by atoms with Gasteiger partial charge in [-0.2, -0.15) is 0 Å². The Labute approximate surface area is 158 Å². The number of carbonyl (C=O) groups excluding carboxylic acids is 1. The van der Waals surface area contributed by atoms with Gasteiger partial charge in [-0.05, 0) is 30.3 Å². The summed E-state index contributed by atoms with van der Waals surface area (Å²) in [6.45, 7) is 4.02. The highest BCUT2D eigenvalue weighted by atomic mass is 35.5. The summed E-state index contributed by atoms with van der Waals surface area (Å²) in [5.41, 5.74) is 2.31. The first-order chi connectivity index (χ1) is 12.7. The predicted molar refractivity (Wildman–Crippen MR) is 107 cm³/mol. The molecule has 2 aromatic carbocycles. The van der Waals surface area contributed by atoms with E-state index in [1.807, 2.05) is 41.4 Å². The molecule has 0 bridgehead atoms. The van der Waals surface area contributed by atoms with E-state index in [0.717, 1.165) is 42.1 Å². The highest BCUT2D eigenvalue weighted by Crippen LogP contribution is 2.24. The predicted octanol–water partition coefficient (Wildman–Crippen LogP) is 4.03.